The predicted octanol–water partition coefficient (Wildman–Crippen LogP) is 4.91. The molecule has 0 aliphatic carbocycles. The molecule has 26 heavy (non-hydrogen) atoms. The monoisotopic (exact) mass is 368 g/mol. The summed E-state index contributed by atoms with van der Waals surface area (Å²) in [4.78, 5) is 11.2. The summed E-state index contributed by atoms with van der Waals surface area (Å²) < 4.78 is 5.36. The fraction of sp³-hybridized carbons (Fsp3) is 0.200. The molecule has 5 nitrogen and oxygen atoms in total. The molecule has 0 aliphatic rings. The van der Waals surface area contributed by atoms with Gasteiger partial charge in [0.1, 0.15) is 11.6 Å². The summed E-state index contributed by atoms with van der Waals surface area (Å²) >= 11 is 6.09. The summed E-state index contributed by atoms with van der Waals surface area (Å²) in [6.45, 7) is 3.73. The van der Waals surface area contributed by atoms with Crippen LogP contribution < -0.4 is 15.0 Å². The van der Waals surface area contributed by atoms with Crippen LogP contribution in [0.1, 0.15) is 12.5 Å². The Morgan fingerprint density at radius 2 is 1.92 bits per heavy atom. The average Bonchev–Trinajstić information content (AvgIpc) is 2.67. The third kappa shape index (κ3) is 4.43. The Morgan fingerprint density at radius 1 is 1.12 bits per heavy atom. The van der Waals surface area contributed by atoms with Crippen molar-refractivity contribution in [2.75, 3.05) is 23.9 Å². The van der Waals surface area contributed by atoms with Crippen LogP contribution in [0.15, 0.2) is 60.8 Å². The lowest BCUT2D eigenvalue weighted by Gasteiger charge is -2.22. The number of ether oxygens (including phenoxy) is 1. The maximum absolute atomic E-state index is 6.09. The average molecular weight is 369 g/mol. The number of hydrogen-bond acceptors (Lipinski definition) is 5. The summed E-state index contributed by atoms with van der Waals surface area (Å²) in [5, 5.41) is 3.80. The molecular formula is C20H21ClN4O. The van der Waals surface area contributed by atoms with Gasteiger partial charge in [0.2, 0.25) is 5.95 Å². The van der Waals surface area contributed by atoms with Crippen molar-refractivity contribution in [3.05, 3.63) is 71.4 Å². The molecule has 2 aromatic carbocycles. The highest BCUT2D eigenvalue weighted by Gasteiger charge is 2.10. The molecule has 0 saturated heterocycles. The Kier molecular flexibility index (Phi) is 5.92. The first-order chi connectivity index (χ1) is 12.7. The van der Waals surface area contributed by atoms with Gasteiger partial charge in [-0.15, -0.1) is 0 Å². The second-order valence-corrected chi connectivity index (χ2v) is 6.14. The van der Waals surface area contributed by atoms with Crippen LogP contribution in [0.3, 0.4) is 0 Å². The van der Waals surface area contributed by atoms with E-state index in [-0.39, 0.29) is 0 Å². The van der Waals surface area contributed by atoms with E-state index >= 15 is 0 Å². The standard InChI is InChI=1S/C20H21ClN4O/c1-3-25(14-15-7-5-4-6-8-15)19-11-12-22-20(24-19)23-17-13-16(21)9-10-18(17)26-2/h4-13H,3,14H2,1-2H3,(H,22,23,24). The first-order valence-corrected chi connectivity index (χ1v) is 8.80. The fourth-order valence-corrected chi connectivity index (χ4v) is 2.81. The maximum atomic E-state index is 6.09. The van der Waals surface area contributed by atoms with Crippen LogP contribution in [0.25, 0.3) is 0 Å². The topological polar surface area (TPSA) is 50.3 Å². The number of halogens is 1. The van der Waals surface area contributed by atoms with Gasteiger partial charge in [-0.2, -0.15) is 4.98 Å². The van der Waals surface area contributed by atoms with E-state index in [2.05, 4.69) is 39.2 Å². The van der Waals surface area contributed by atoms with E-state index in [1.807, 2.05) is 30.3 Å². The zero-order valence-corrected chi connectivity index (χ0v) is 15.6. The first kappa shape index (κ1) is 18.0. The van der Waals surface area contributed by atoms with Gasteiger partial charge < -0.3 is 15.0 Å². The van der Waals surface area contributed by atoms with Gasteiger partial charge in [0.15, 0.2) is 0 Å². The van der Waals surface area contributed by atoms with Crippen molar-refractivity contribution in [2.24, 2.45) is 0 Å². The van der Waals surface area contributed by atoms with Gasteiger partial charge in [0.25, 0.3) is 0 Å². The van der Waals surface area contributed by atoms with Gasteiger partial charge in [-0.3, -0.25) is 0 Å². The molecule has 1 N–H and O–H groups in total. The quantitative estimate of drug-likeness (QED) is 0.642. The lowest BCUT2D eigenvalue weighted by Crippen LogP contribution is -2.23. The Labute approximate surface area is 158 Å². The molecule has 0 bridgehead atoms. The third-order valence-corrected chi connectivity index (χ3v) is 4.21. The van der Waals surface area contributed by atoms with Crippen molar-refractivity contribution in [1.82, 2.24) is 9.97 Å². The molecule has 0 atom stereocenters. The van der Waals surface area contributed by atoms with Crippen molar-refractivity contribution in [2.45, 2.75) is 13.5 Å². The van der Waals surface area contributed by atoms with E-state index < -0.39 is 0 Å². The van der Waals surface area contributed by atoms with Crippen molar-refractivity contribution in [1.29, 1.82) is 0 Å². The number of nitrogens with one attached hydrogen (secondary N) is 1. The number of hydrogen-bond donors (Lipinski definition) is 1. The third-order valence-electron chi connectivity index (χ3n) is 3.97. The van der Waals surface area contributed by atoms with E-state index in [1.54, 1.807) is 25.4 Å². The Bertz CT molecular complexity index is 857. The Hall–Kier alpha value is -2.79. The highest BCUT2D eigenvalue weighted by molar-refractivity contribution is 6.31. The van der Waals surface area contributed by atoms with Crippen LogP contribution in [-0.2, 0) is 6.54 Å². The largest absolute Gasteiger partial charge is 0.495 e. The predicted molar refractivity (Wildman–Crippen MR) is 106 cm³/mol. The summed E-state index contributed by atoms with van der Waals surface area (Å²) in [5.74, 6) is 2.03. The molecule has 6 heteroatoms. The zero-order chi connectivity index (χ0) is 18.4. The van der Waals surface area contributed by atoms with Gasteiger partial charge in [-0.25, -0.2) is 4.98 Å². The van der Waals surface area contributed by atoms with Gasteiger partial charge in [0, 0.05) is 24.3 Å². The minimum atomic E-state index is 0.495. The lowest BCUT2D eigenvalue weighted by atomic mass is 10.2. The smallest absolute Gasteiger partial charge is 0.229 e. The molecule has 0 spiro atoms. The van der Waals surface area contributed by atoms with Crippen molar-refractivity contribution in [3.8, 4) is 5.75 Å². The number of anilines is 3. The molecule has 1 heterocycles. The highest BCUT2D eigenvalue weighted by Crippen LogP contribution is 2.29. The Morgan fingerprint density at radius 3 is 2.65 bits per heavy atom. The second kappa shape index (κ2) is 8.54. The minimum absolute atomic E-state index is 0.495. The molecule has 0 fully saturated rings. The number of aromatic nitrogens is 2. The molecule has 3 rings (SSSR count). The lowest BCUT2D eigenvalue weighted by molar-refractivity contribution is 0.417. The maximum Gasteiger partial charge on any atom is 0.229 e. The number of nitrogens with zero attached hydrogens (tertiary/aromatic N) is 3. The van der Waals surface area contributed by atoms with Crippen molar-refractivity contribution >= 4 is 29.1 Å². The van der Waals surface area contributed by atoms with Crippen molar-refractivity contribution < 1.29 is 4.74 Å². The summed E-state index contributed by atoms with van der Waals surface area (Å²) in [6.07, 6.45) is 1.75. The highest BCUT2D eigenvalue weighted by atomic mass is 35.5. The van der Waals surface area contributed by atoms with E-state index in [4.69, 9.17) is 16.3 Å². The molecular weight excluding hydrogens is 348 g/mol. The Balaban J connectivity index is 1.82. The molecule has 1 aromatic heterocycles. The van der Waals surface area contributed by atoms with Gasteiger partial charge >= 0.3 is 0 Å². The van der Waals surface area contributed by atoms with E-state index in [9.17, 15) is 0 Å². The second-order valence-electron chi connectivity index (χ2n) is 5.71. The molecule has 0 amide bonds. The van der Waals surface area contributed by atoms with Gasteiger partial charge in [-0.1, -0.05) is 41.9 Å². The van der Waals surface area contributed by atoms with Gasteiger partial charge in [0.05, 0.1) is 12.8 Å². The van der Waals surface area contributed by atoms with Gasteiger partial charge in [-0.05, 0) is 36.8 Å². The molecule has 0 unspecified atom stereocenters. The number of methoxy groups -OCH3 is 1. The molecule has 0 aliphatic heterocycles. The number of rotatable bonds is 7. The molecule has 134 valence electrons. The number of benzene rings is 2. The SMILES string of the molecule is CCN(Cc1ccccc1)c1ccnc(Nc2cc(Cl)ccc2OC)n1. The zero-order valence-electron chi connectivity index (χ0n) is 14.8. The van der Waals surface area contributed by atoms with E-state index in [0.29, 0.717) is 16.7 Å². The van der Waals surface area contributed by atoms with Crippen LogP contribution >= 0.6 is 11.6 Å². The summed E-state index contributed by atoms with van der Waals surface area (Å²) in [5.41, 5.74) is 1.96. The van der Waals surface area contributed by atoms with Crippen LogP contribution in [0.2, 0.25) is 5.02 Å². The van der Waals surface area contributed by atoms with Crippen LogP contribution in [-0.4, -0.2) is 23.6 Å². The summed E-state index contributed by atoms with van der Waals surface area (Å²) in [7, 11) is 1.62. The van der Waals surface area contributed by atoms with Crippen molar-refractivity contribution in [3.63, 3.8) is 0 Å². The van der Waals surface area contributed by atoms with Crippen LogP contribution in [0, 0.1) is 0 Å². The van der Waals surface area contributed by atoms with Crippen LogP contribution in [0.4, 0.5) is 17.5 Å². The van der Waals surface area contributed by atoms with E-state index in [1.165, 1.54) is 5.56 Å². The molecule has 3 aromatic rings. The van der Waals surface area contributed by atoms with Crippen LogP contribution in [0.5, 0.6) is 5.75 Å². The van der Waals surface area contributed by atoms with E-state index in [0.717, 1.165) is 24.6 Å². The summed E-state index contributed by atoms with van der Waals surface area (Å²) in [6, 6.07) is 17.6. The molecule has 0 saturated carbocycles. The normalized spacial score (nSPS) is 10.4. The minimum Gasteiger partial charge on any atom is -0.495 e. The first-order valence-electron chi connectivity index (χ1n) is 8.42. The molecule has 0 radical (unpaired) electrons. The fourth-order valence-electron chi connectivity index (χ4n) is 2.64.